The van der Waals surface area contributed by atoms with E-state index in [2.05, 4.69) is 12.2 Å². The number of hydrogen-bond acceptors (Lipinski definition) is 2. The summed E-state index contributed by atoms with van der Waals surface area (Å²) in [6.07, 6.45) is -4.36. The van der Waals surface area contributed by atoms with Crippen molar-refractivity contribution in [3.63, 3.8) is 0 Å². The maximum Gasteiger partial charge on any atom is 0.416 e. The molecular formula is C29H24F4NO2S+. The van der Waals surface area contributed by atoms with E-state index in [0.29, 0.717) is 11.3 Å². The standard InChI is InChI=1S/C29H23F4NO2S/c1-2-37-25-12-9-19(10-13-25)15-28(35)34-23-11-14-26(20-5-3-6-21(16-20)29(31,32)33)27(18-23)36-24-8-4-7-22(30)17-24/h3-14,16-18H,2,15H2,1H3,(H,34,35)/p+1. The summed E-state index contributed by atoms with van der Waals surface area (Å²) in [4.78, 5) is 13.9. The molecule has 0 unspecified atom stereocenters. The molecule has 0 spiro atoms. The van der Waals surface area contributed by atoms with Gasteiger partial charge in [0.1, 0.15) is 23.1 Å². The fraction of sp³-hybridized carbons (Fsp3) is 0.138. The van der Waals surface area contributed by atoms with E-state index in [1.165, 1.54) is 59.1 Å². The lowest BCUT2D eigenvalue weighted by Crippen LogP contribution is -2.14. The maximum atomic E-state index is 13.7. The quantitative estimate of drug-likeness (QED) is 0.145. The van der Waals surface area contributed by atoms with Crippen LogP contribution in [0.3, 0.4) is 0 Å². The Balaban J connectivity index is 1.61. The Labute approximate surface area is 216 Å². The fourth-order valence-corrected chi connectivity index (χ4v) is 4.46. The third-order valence-electron chi connectivity index (χ3n) is 5.43. The van der Waals surface area contributed by atoms with Gasteiger partial charge < -0.3 is 10.1 Å². The monoisotopic (exact) mass is 526 g/mol. The first kappa shape index (κ1) is 26.3. The molecule has 0 saturated heterocycles. The smallest absolute Gasteiger partial charge is 0.416 e. The number of thiol groups is 1. The van der Waals surface area contributed by atoms with Crippen LogP contribution in [-0.4, -0.2) is 11.7 Å². The molecule has 0 aromatic heterocycles. The number of halogens is 4. The van der Waals surface area contributed by atoms with Gasteiger partial charge in [0.05, 0.1) is 12.0 Å². The Morgan fingerprint density at radius 3 is 2.38 bits per heavy atom. The van der Waals surface area contributed by atoms with Gasteiger partial charge in [-0.3, -0.25) is 4.79 Å². The molecule has 3 nitrogen and oxygen atoms in total. The van der Waals surface area contributed by atoms with Crippen molar-refractivity contribution in [2.45, 2.75) is 24.4 Å². The zero-order valence-electron chi connectivity index (χ0n) is 19.9. The van der Waals surface area contributed by atoms with Crippen molar-refractivity contribution in [1.82, 2.24) is 0 Å². The molecule has 0 aliphatic carbocycles. The van der Waals surface area contributed by atoms with Crippen molar-refractivity contribution in [3.05, 3.63) is 108 Å². The van der Waals surface area contributed by atoms with Crippen LogP contribution in [0.5, 0.6) is 11.5 Å². The predicted molar refractivity (Wildman–Crippen MR) is 140 cm³/mol. The van der Waals surface area contributed by atoms with Crippen molar-refractivity contribution >= 4 is 23.4 Å². The molecule has 0 fully saturated rings. The third kappa shape index (κ3) is 7.13. The summed E-state index contributed by atoms with van der Waals surface area (Å²) in [5.41, 5.74) is 1.07. The number of anilines is 1. The normalized spacial score (nSPS) is 11.3. The summed E-state index contributed by atoms with van der Waals surface area (Å²) in [6, 6.07) is 22.7. The molecule has 190 valence electrons. The number of benzene rings is 4. The first-order valence-corrected chi connectivity index (χ1v) is 12.6. The van der Waals surface area contributed by atoms with Crippen molar-refractivity contribution < 1.29 is 27.1 Å². The molecule has 1 amide bonds. The minimum absolute atomic E-state index is 0.152. The van der Waals surface area contributed by atoms with Gasteiger partial charge in [-0.2, -0.15) is 13.2 Å². The van der Waals surface area contributed by atoms with Crippen molar-refractivity contribution in [2.75, 3.05) is 11.1 Å². The number of alkyl halides is 3. The number of amides is 1. The average molecular weight is 527 g/mol. The molecule has 4 rings (SSSR count). The molecule has 0 aliphatic heterocycles. The number of carbonyl (C=O) groups excluding carboxylic acids is 1. The summed E-state index contributed by atoms with van der Waals surface area (Å²) in [5, 5.41) is 2.81. The van der Waals surface area contributed by atoms with E-state index in [0.717, 1.165) is 23.4 Å². The van der Waals surface area contributed by atoms with Gasteiger partial charge in [0.2, 0.25) is 5.91 Å². The summed E-state index contributed by atoms with van der Waals surface area (Å²) in [6.45, 7) is 2.09. The van der Waals surface area contributed by atoms with E-state index >= 15 is 0 Å². The molecule has 37 heavy (non-hydrogen) atoms. The lowest BCUT2D eigenvalue weighted by atomic mass is 10.0. The highest BCUT2D eigenvalue weighted by Crippen LogP contribution is 2.38. The van der Waals surface area contributed by atoms with Crippen LogP contribution in [0.4, 0.5) is 23.2 Å². The summed E-state index contributed by atoms with van der Waals surface area (Å²) >= 11 is 1.22. The number of carbonyl (C=O) groups is 1. The van der Waals surface area contributed by atoms with Gasteiger partial charge in [0.25, 0.3) is 0 Å². The van der Waals surface area contributed by atoms with Crippen molar-refractivity contribution in [1.29, 1.82) is 0 Å². The van der Waals surface area contributed by atoms with E-state index in [-0.39, 0.29) is 29.4 Å². The SMILES string of the molecule is CC[SH+]c1ccc(CC(=O)Nc2ccc(-c3cccc(C(F)(F)F)c3)c(Oc3cccc(F)c3)c2)cc1. The van der Waals surface area contributed by atoms with E-state index < -0.39 is 17.6 Å². The Morgan fingerprint density at radius 2 is 1.68 bits per heavy atom. The molecule has 4 aromatic carbocycles. The van der Waals surface area contributed by atoms with Crippen LogP contribution in [0.25, 0.3) is 11.1 Å². The van der Waals surface area contributed by atoms with Crippen LogP contribution in [0, 0.1) is 5.82 Å². The van der Waals surface area contributed by atoms with E-state index in [4.69, 9.17) is 4.74 Å². The van der Waals surface area contributed by atoms with Gasteiger partial charge in [-0.1, -0.05) is 30.3 Å². The minimum Gasteiger partial charge on any atom is -0.457 e. The van der Waals surface area contributed by atoms with Crippen molar-refractivity contribution in [3.8, 4) is 22.6 Å². The number of rotatable bonds is 8. The predicted octanol–water partition coefficient (Wildman–Crippen LogP) is 7.68. The fourth-order valence-electron chi connectivity index (χ4n) is 3.74. The van der Waals surface area contributed by atoms with Crippen LogP contribution in [0.2, 0.25) is 0 Å². The van der Waals surface area contributed by atoms with Gasteiger partial charge >= 0.3 is 6.18 Å². The molecule has 0 atom stereocenters. The Morgan fingerprint density at radius 1 is 0.919 bits per heavy atom. The van der Waals surface area contributed by atoms with Gasteiger partial charge in [-0.05, 0) is 66.6 Å². The van der Waals surface area contributed by atoms with E-state index in [1.807, 2.05) is 24.3 Å². The van der Waals surface area contributed by atoms with Crippen LogP contribution >= 0.6 is 0 Å². The van der Waals surface area contributed by atoms with Crippen LogP contribution in [-0.2, 0) is 29.2 Å². The molecule has 0 saturated carbocycles. The summed E-state index contributed by atoms with van der Waals surface area (Å²) < 4.78 is 59.5. The van der Waals surface area contributed by atoms with Gasteiger partial charge in [-0.25, -0.2) is 4.39 Å². The zero-order valence-corrected chi connectivity index (χ0v) is 20.7. The number of hydrogen-bond donors (Lipinski definition) is 1. The Kier molecular flexibility index (Phi) is 8.18. The van der Waals surface area contributed by atoms with Crippen molar-refractivity contribution in [2.24, 2.45) is 0 Å². The molecular weight excluding hydrogens is 502 g/mol. The van der Waals surface area contributed by atoms with E-state index in [1.54, 1.807) is 12.1 Å². The second-order valence-corrected chi connectivity index (χ2v) is 9.68. The highest BCUT2D eigenvalue weighted by molar-refractivity contribution is 7.78. The molecule has 1 N–H and O–H groups in total. The third-order valence-corrected chi connectivity index (χ3v) is 6.41. The topological polar surface area (TPSA) is 38.3 Å². The largest absolute Gasteiger partial charge is 0.457 e. The second-order valence-electron chi connectivity index (χ2n) is 8.21. The average Bonchev–Trinajstić information content (AvgIpc) is 2.85. The molecule has 0 aliphatic rings. The zero-order chi connectivity index (χ0) is 26.4. The molecule has 0 radical (unpaired) electrons. The lowest BCUT2D eigenvalue weighted by Gasteiger charge is -2.15. The Bertz CT molecular complexity index is 1390. The van der Waals surface area contributed by atoms with E-state index in [9.17, 15) is 22.4 Å². The van der Waals surface area contributed by atoms with Crippen LogP contribution < -0.4 is 10.1 Å². The van der Waals surface area contributed by atoms with Gasteiger partial charge in [0, 0.05) is 35.1 Å². The molecule has 0 bridgehead atoms. The Hall–Kier alpha value is -3.78. The molecule has 4 aromatic rings. The lowest BCUT2D eigenvalue weighted by molar-refractivity contribution is -0.137. The number of ether oxygens (including phenoxy) is 1. The maximum absolute atomic E-state index is 13.7. The van der Waals surface area contributed by atoms with Crippen LogP contribution in [0.1, 0.15) is 18.1 Å². The minimum atomic E-state index is -4.51. The highest BCUT2D eigenvalue weighted by Gasteiger charge is 2.30. The highest BCUT2D eigenvalue weighted by atomic mass is 32.2. The summed E-state index contributed by atoms with van der Waals surface area (Å²) in [5.74, 6) is 0.571. The molecule has 8 heteroatoms. The summed E-state index contributed by atoms with van der Waals surface area (Å²) in [7, 11) is 0. The second kappa shape index (κ2) is 11.5. The van der Waals surface area contributed by atoms with Crippen LogP contribution in [0.15, 0.2) is 95.9 Å². The van der Waals surface area contributed by atoms with Gasteiger partial charge in [0.15, 0.2) is 4.90 Å². The number of nitrogens with one attached hydrogen (secondary N) is 1. The molecule has 0 heterocycles. The first-order valence-electron chi connectivity index (χ1n) is 11.5. The first-order chi connectivity index (χ1) is 17.7. The van der Waals surface area contributed by atoms with Gasteiger partial charge in [-0.15, -0.1) is 0 Å².